The summed E-state index contributed by atoms with van der Waals surface area (Å²) in [7, 11) is 1.87. The Morgan fingerprint density at radius 1 is 1.55 bits per heavy atom. The summed E-state index contributed by atoms with van der Waals surface area (Å²) in [6.07, 6.45) is 2.37. The third-order valence-corrected chi connectivity index (χ3v) is 3.46. The average molecular weight is 154 g/mol. The quantitative estimate of drug-likeness (QED) is 0.552. The predicted octanol–water partition coefficient (Wildman–Crippen LogP) is -0.126. The van der Waals surface area contributed by atoms with Crippen LogP contribution in [0.25, 0.3) is 0 Å². The van der Waals surface area contributed by atoms with Gasteiger partial charge in [0.05, 0.1) is 0 Å². The summed E-state index contributed by atoms with van der Waals surface area (Å²) < 4.78 is 0. The first-order valence-corrected chi connectivity index (χ1v) is 4.12. The fourth-order valence-electron chi connectivity index (χ4n) is 2.05. The van der Waals surface area contributed by atoms with Crippen molar-refractivity contribution in [3.05, 3.63) is 0 Å². The van der Waals surface area contributed by atoms with Crippen molar-refractivity contribution >= 4 is 5.91 Å². The standard InChI is InChI=1S/C8H14N2O/c1-7(9-2)6(11)10-5-8(7)3-4-8/h9H,3-5H2,1-2H3,(H,10,11). The minimum atomic E-state index is -0.299. The van der Waals surface area contributed by atoms with E-state index < -0.39 is 0 Å². The first-order valence-electron chi connectivity index (χ1n) is 4.12. The topological polar surface area (TPSA) is 41.1 Å². The maximum atomic E-state index is 11.4. The zero-order chi connectivity index (χ0) is 8.11. The molecule has 2 rings (SSSR count). The molecule has 0 aromatic rings. The van der Waals surface area contributed by atoms with Gasteiger partial charge in [0, 0.05) is 12.0 Å². The van der Waals surface area contributed by atoms with E-state index in [-0.39, 0.29) is 16.9 Å². The largest absolute Gasteiger partial charge is 0.354 e. The summed E-state index contributed by atoms with van der Waals surface area (Å²) in [5.74, 6) is 0.164. The highest BCUT2D eigenvalue weighted by Crippen LogP contribution is 2.55. The summed E-state index contributed by atoms with van der Waals surface area (Å²) in [4.78, 5) is 11.4. The molecule has 0 aromatic carbocycles. The smallest absolute Gasteiger partial charge is 0.240 e. The van der Waals surface area contributed by atoms with Gasteiger partial charge in [0.15, 0.2) is 0 Å². The number of rotatable bonds is 1. The number of carbonyl (C=O) groups excluding carboxylic acids is 1. The lowest BCUT2D eigenvalue weighted by Crippen LogP contribution is -2.51. The maximum absolute atomic E-state index is 11.4. The molecule has 62 valence electrons. The number of likely N-dealkylation sites (N-methyl/N-ethyl adjacent to an activating group) is 1. The molecule has 1 amide bonds. The van der Waals surface area contributed by atoms with Crippen molar-refractivity contribution in [2.45, 2.75) is 25.3 Å². The van der Waals surface area contributed by atoms with Crippen LogP contribution in [-0.2, 0) is 4.79 Å². The van der Waals surface area contributed by atoms with E-state index in [2.05, 4.69) is 10.6 Å². The Bertz CT molecular complexity index is 210. The molecule has 1 spiro atoms. The summed E-state index contributed by atoms with van der Waals surface area (Å²) in [5, 5.41) is 6.04. The predicted molar refractivity (Wildman–Crippen MR) is 42.1 cm³/mol. The van der Waals surface area contributed by atoms with Crippen LogP contribution in [0.3, 0.4) is 0 Å². The van der Waals surface area contributed by atoms with Crippen molar-refractivity contribution in [1.29, 1.82) is 0 Å². The van der Waals surface area contributed by atoms with E-state index in [1.54, 1.807) is 0 Å². The Morgan fingerprint density at radius 2 is 2.18 bits per heavy atom. The Kier molecular flexibility index (Phi) is 1.15. The Balaban J connectivity index is 2.33. The van der Waals surface area contributed by atoms with E-state index in [0.717, 1.165) is 6.54 Å². The zero-order valence-corrected chi connectivity index (χ0v) is 7.03. The van der Waals surface area contributed by atoms with Crippen molar-refractivity contribution in [3.8, 4) is 0 Å². The number of hydrogen-bond donors (Lipinski definition) is 2. The number of nitrogens with one attached hydrogen (secondary N) is 2. The van der Waals surface area contributed by atoms with Crippen LogP contribution in [0.4, 0.5) is 0 Å². The second-order valence-electron chi connectivity index (χ2n) is 3.84. The van der Waals surface area contributed by atoms with Gasteiger partial charge in [-0.25, -0.2) is 0 Å². The van der Waals surface area contributed by atoms with Gasteiger partial charge in [-0.3, -0.25) is 4.79 Å². The van der Waals surface area contributed by atoms with Crippen LogP contribution >= 0.6 is 0 Å². The van der Waals surface area contributed by atoms with Gasteiger partial charge in [-0.15, -0.1) is 0 Å². The van der Waals surface area contributed by atoms with Crippen molar-refractivity contribution in [3.63, 3.8) is 0 Å². The monoisotopic (exact) mass is 154 g/mol. The molecule has 1 atom stereocenters. The van der Waals surface area contributed by atoms with Crippen LogP contribution in [0.2, 0.25) is 0 Å². The van der Waals surface area contributed by atoms with Gasteiger partial charge >= 0.3 is 0 Å². The molecule has 11 heavy (non-hydrogen) atoms. The summed E-state index contributed by atoms with van der Waals surface area (Å²) in [6.45, 7) is 2.87. The molecular formula is C8H14N2O. The lowest BCUT2D eigenvalue weighted by Gasteiger charge is -2.27. The molecule has 0 radical (unpaired) electrons. The molecule has 1 saturated heterocycles. The fraction of sp³-hybridized carbons (Fsp3) is 0.875. The molecule has 3 heteroatoms. The second kappa shape index (κ2) is 1.78. The first kappa shape index (κ1) is 7.10. The number of hydrogen-bond acceptors (Lipinski definition) is 2. The van der Waals surface area contributed by atoms with Crippen molar-refractivity contribution < 1.29 is 4.79 Å². The van der Waals surface area contributed by atoms with Crippen LogP contribution in [0, 0.1) is 5.41 Å². The molecule has 2 aliphatic rings. The number of carbonyl (C=O) groups is 1. The minimum Gasteiger partial charge on any atom is -0.354 e. The Hall–Kier alpha value is -0.570. The normalized spacial score (nSPS) is 39.3. The van der Waals surface area contributed by atoms with Crippen LogP contribution in [0.5, 0.6) is 0 Å². The van der Waals surface area contributed by atoms with Crippen LogP contribution in [0.15, 0.2) is 0 Å². The maximum Gasteiger partial charge on any atom is 0.240 e. The van der Waals surface area contributed by atoms with Crippen LogP contribution in [-0.4, -0.2) is 25.0 Å². The lowest BCUT2D eigenvalue weighted by molar-refractivity contribution is -0.125. The first-order chi connectivity index (χ1) is 5.15. The SMILES string of the molecule is CNC1(C)C(=O)NCC12CC2. The van der Waals surface area contributed by atoms with E-state index in [1.807, 2.05) is 14.0 Å². The van der Waals surface area contributed by atoms with Crippen molar-refractivity contribution in [2.75, 3.05) is 13.6 Å². The molecule has 0 aromatic heterocycles. The van der Waals surface area contributed by atoms with Gasteiger partial charge in [-0.1, -0.05) is 0 Å². The van der Waals surface area contributed by atoms with Crippen molar-refractivity contribution in [2.24, 2.45) is 5.41 Å². The molecule has 1 unspecified atom stereocenters. The summed E-state index contributed by atoms with van der Waals surface area (Å²) >= 11 is 0. The highest BCUT2D eigenvalue weighted by atomic mass is 16.2. The molecule has 1 saturated carbocycles. The molecular weight excluding hydrogens is 140 g/mol. The molecule has 1 aliphatic heterocycles. The second-order valence-corrected chi connectivity index (χ2v) is 3.84. The third-order valence-electron chi connectivity index (χ3n) is 3.46. The highest BCUT2D eigenvalue weighted by Gasteiger charge is 2.63. The molecule has 0 bridgehead atoms. The van der Waals surface area contributed by atoms with Gasteiger partial charge in [-0.05, 0) is 26.8 Å². The molecule has 2 N–H and O–H groups in total. The van der Waals surface area contributed by atoms with Gasteiger partial charge < -0.3 is 10.6 Å². The van der Waals surface area contributed by atoms with E-state index in [1.165, 1.54) is 12.8 Å². The van der Waals surface area contributed by atoms with E-state index in [9.17, 15) is 4.79 Å². The molecule has 1 aliphatic carbocycles. The molecule has 2 fully saturated rings. The average Bonchev–Trinajstić information content (AvgIpc) is 2.75. The molecule has 3 nitrogen and oxygen atoms in total. The fourth-order valence-corrected chi connectivity index (χ4v) is 2.05. The van der Waals surface area contributed by atoms with Gasteiger partial charge in [0.1, 0.15) is 5.54 Å². The number of amides is 1. The molecule has 1 heterocycles. The minimum absolute atomic E-state index is 0.164. The highest BCUT2D eigenvalue weighted by molar-refractivity contribution is 5.90. The zero-order valence-electron chi connectivity index (χ0n) is 7.03. The van der Waals surface area contributed by atoms with E-state index in [4.69, 9.17) is 0 Å². The summed E-state index contributed by atoms with van der Waals surface area (Å²) in [6, 6.07) is 0. The van der Waals surface area contributed by atoms with E-state index in [0.29, 0.717) is 0 Å². The Labute approximate surface area is 66.5 Å². The van der Waals surface area contributed by atoms with Gasteiger partial charge in [0.25, 0.3) is 0 Å². The lowest BCUT2D eigenvalue weighted by atomic mass is 9.85. The Morgan fingerprint density at radius 3 is 2.55 bits per heavy atom. The van der Waals surface area contributed by atoms with Crippen LogP contribution < -0.4 is 10.6 Å². The van der Waals surface area contributed by atoms with Crippen molar-refractivity contribution in [1.82, 2.24) is 10.6 Å². The summed E-state index contributed by atoms with van der Waals surface area (Å²) in [5.41, 5.74) is -0.0498. The van der Waals surface area contributed by atoms with Gasteiger partial charge in [0.2, 0.25) is 5.91 Å². The van der Waals surface area contributed by atoms with E-state index >= 15 is 0 Å². The third kappa shape index (κ3) is 0.644. The van der Waals surface area contributed by atoms with Gasteiger partial charge in [-0.2, -0.15) is 0 Å². The van der Waals surface area contributed by atoms with Crippen LogP contribution in [0.1, 0.15) is 19.8 Å².